The van der Waals surface area contributed by atoms with Crippen molar-refractivity contribution in [3.63, 3.8) is 0 Å². The van der Waals surface area contributed by atoms with E-state index in [1.807, 2.05) is 6.92 Å². The molecule has 0 fully saturated rings. The Hall–Kier alpha value is -1.88. The number of aliphatic hydroxyl groups is 1. The van der Waals surface area contributed by atoms with Crippen molar-refractivity contribution in [2.24, 2.45) is 0 Å². The van der Waals surface area contributed by atoms with Gasteiger partial charge in [0, 0.05) is 6.42 Å². The number of methoxy groups -OCH3 is 2. The van der Waals surface area contributed by atoms with Crippen molar-refractivity contribution in [3.8, 4) is 17.2 Å². The number of hydrogen-bond acceptors (Lipinski definition) is 5. The molecule has 2 aromatic rings. The third-order valence-electron chi connectivity index (χ3n) is 3.43. The fourth-order valence-corrected chi connectivity index (χ4v) is 2.64. The summed E-state index contributed by atoms with van der Waals surface area (Å²) in [7, 11) is 3.12. The lowest BCUT2D eigenvalue weighted by Gasteiger charge is -2.30. The molecule has 1 aromatic carbocycles. The summed E-state index contributed by atoms with van der Waals surface area (Å²) in [6.07, 6.45) is 1.36. The molecule has 0 amide bonds. The number of furan rings is 1. The molecule has 0 spiro atoms. The molecule has 5 nitrogen and oxygen atoms in total. The maximum Gasteiger partial charge on any atom is 0.205 e. The first-order valence-electron chi connectivity index (χ1n) is 6.17. The van der Waals surface area contributed by atoms with Crippen LogP contribution in [0.25, 0.3) is 11.0 Å². The van der Waals surface area contributed by atoms with Gasteiger partial charge in [0.1, 0.15) is 5.75 Å². The first-order valence-corrected chi connectivity index (χ1v) is 6.17. The van der Waals surface area contributed by atoms with Gasteiger partial charge < -0.3 is 23.7 Å². The molecule has 3 rings (SSSR count). The minimum absolute atomic E-state index is 0.0893. The summed E-state index contributed by atoms with van der Waals surface area (Å²) >= 11 is 0. The topological polar surface area (TPSA) is 61.1 Å². The lowest BCUT2D eigenvalue weighted by molar-refractivity contribution is 0.0701. The van der Waals surface area contributed by atoms with Crippen molar-refractivity contribution in [3.05, 3.63) is 17.9 Å². The van der Waals surface area contributed by atoms with Gasteiger partial charge in [0.05, 0.1) is 43.6 Å². The van der Waals surface area contributed by atoms with E-state index in [1.54, 1.807) is 26.5 Å². The van der Waals surface area contributed by atoms with Gasteiger partial charge in [-0.25, -0.2) is 0 Å². The van der Waals surface area contributed by atoms with Crippen molar-refractivity contribution in [1.29, 1.82) is 0 Å². The number of benzene rings is 1. The van der Waals surface area contributed by atoms with Gasteiger partial charge in [-0.2, -0.15) is 0 Å². The van der Waals surface area contributed by atoms with E-state index < -0.39 is 6.10 Å². The second-order valence-electron chi connectivity index (χ2n) is 4.65. The third kappa shape index (κ3) is 1.65. The Bertz CT molecular complexity index is 616. The summed E-state index contributed by atoms with van der Waals surface area (Å²) < 4.78 is 22.1. The predicted molar refractivity (Wildman–Crippen MR) is 69.0 cm³/mol. The lowest BCUT2D eigenvalue weighted by Crippen LogP contribution is -2.23. The Morgan fingerprint density at radius 2 is 2.00 bits per heavy atom. The van der Waals surface area contributed by atoms with Crippen LogP contribution < -0.4 is 14.2 Å². The molecule has 1 aromatic heterocycles. The number of aliphatic hydroxyl groups excluding tert-OH is 1. The van der Waals surface area contributed by atoms with Crippen molar-refractivity contribution < 1.29 is 23.7 Å². The molecule has 0 bridgehead atoms. The van der Waals surface area contributed by atoms with Gasteiger partial charge in [-0.3, -0.25) is 0 Å². The van der Waals surface area contributed by atoms with E-state index in [4.69, 9.17) is 18.6 Å². The number of hydrogen-bond donors (Lipinski definition) is 1. The van der Waals surface area contributed by atoms with Gasteiger partial charge in [0.25, 0.3) is 0 Å². The molecule has 1 aliphatic heterocycles. The van der Waals surface area contributed by atoms with Gasteiger partial charge >= 0.3 is 0 Å². The maximum absolute atomic E-state index is 10.3. The average molecular weight is 264 g/mol. The summed E-state index contributed by atoms with van der Waals surface area (Å²) in [5, 5.41) is 11.1. The summed E-state index contributed by atoms with van der Waals surface area (Å²) in [6, 6.07) is 1.79. The van der Waals surface area contributed by atoms with E-state index in [0.717, 1.165) is 5.39 Å². The van der Waals surface area contributed by atoms with E-state index in [2.05, 4.69) is 0 Å². The fraction of sp³-hybridized carbons (Fsp3) is 0.429. The second kappa shape index (κ2) is 4.35. The van der Waals surface area contributed by atoms with Crippen LogP contribution in [-0.4, -0.2) is 25.4 Å². The Labute approximate surface area is 110 Å². The Morgan fingerprint density at radius 1 is 1.26 bits per heavy atom. The molecule has 1 N–H and O–H groups in total. The van der Waals surface area contributed by atoms with Gasteiger partial charge in [-0.15, -0.1) is 0 Å². The molecule has 0 aliphatic carbocycles. The van der Waals surface area contributed by atoms with Crippen LogP contribution >= 0.6 is 0 Å². The van der Waals surface area contributed by atoms with Crippen LogP contribution in [0.1, 0.15) is 25.0 Å². The highest BCUT2D eigenvalue weighted by molar-refractivity contribution is 5.93. The van der Waals surface area contributed by atoms with Crippen LogP contribution in [0.3, 0.4) is 0 Å². The van der Waals surface area contributed by atoms with E-state index in [0.29, 0.717) is 34.8 Å². The van der Waals surface area contributed by atoms with E-state index in [-0.39, 0.29) is 6.10 Å². The lowest BCUT2D eigenvalue weighted by atomic mass is 9.96. The monoisotopic (exact) mass is 264 g/mol. The van der Waals surface area contributed by atoms with Crippen LogP contribution in [0, 0.1) is 0 Å². The Morgan fingerprint density at radius 3 is 2.68 bits per heavy atom. The largest absolute Gasteiger partial charge is 0.495 e. The molecule has 2 heterocycles. The molecule has 0 radical (unpaired) electrons. The number of ether oxygens (including phenoxy) is 3. The SMILES string of the molecule is COc1c2c(c(OC)c3occc13)OC(C)CC2O. The zero-order valence-electron chi connectivity index (χ0n) is 11.1. The molecule has 1 aliphatic rings. The highest BCUT2D eigenvalue weighted by Gasteiger charge is 2.34. The van der Waals surface area contributed by atoms with Crippen LogP contribution in [-0.2, 0) is 0 Å². The van der Waals surface area contributed by atoms with E-state index in [9.17, 15) is 5.11 Å². The molecule has 2 unspecified atom stereocenters. The smallest absolute Gasteiger partial charge is 0.205 e. The highest BCUT2D eigenvalue weighted by atomic mass is 16.5. The van der Waals surface area contributed by atoms with Gasteiger partial charge in [-0.05, 0) is 13.0 Å². The fourth-order valence-electron chi connectivity index (χ4n) is 2.64. The van der Waals surface area contributed by atoms with Gasteiger partial charge in [0.2, 0.25) is 5.75 Å². The van der Waals surface area contributed by atoms with Crippen molar-refractivity contribution in [1.82, 2.24) is 0 Å². The maximum atomic E-state index is 10.3. The summed E-state index contributed by atoms with van der Waals surface area (Å²) in [5.74, 6) is 1.59. The van der Waals surface area contributed by atoms with Gasteiger partial charge in [-0.1, -0.05) is 0 Å². The quantitative estimate of drug-likeness (QED) is 0.903. The first-order chi connectivity index (χ1) is 9.17. The van der Waals surface area contributed by atoms with Crippen molar-refractivity contribution >= 4 is 11.0 Å². The third-order valence-corrected chi connectivity index (χ3v) is 3.43. The Balaban J connectivity index is 2.39. The molecule has 0 saturated carbocycles. The standard InChI is InChI=1S/C14H16O5/c1-7-6-9(15)10-11(16-2)8-4-5-18-12(8)14(17-3)13(10)19-7/h4-5,7,9,15H,6H2,1-3H3. The van der Waals surface area contributed by atoms with Crippen LogP contribution in [0.4, 0.5) is 0 Å². The van der Waals surface area contributed by atoms with Crippen LogP contribution in [0.15, 0.2) is 16.7 Å². The minimum Gasteiger partial charge on any atom is -0.495 e. The minimum atomic E-state index is -0.637. The van der Waals surface area contributed by atoms with E-state index in [1.165, 1.54) is 0 Å². The predicted octanol–water partition coefficient (Wildman–Crippen LogP) is 2.65. The molecule has 2 atom stereocenters. The molecule has 0 saturated heterocycles. The van der Waals surface area contributed by atoms with Crippen LogP contribution in [0.2, 0.25) is 0 Å². The summed E-state index contributed by atoms with van der Waals surface area (Å²) in [4.78, 5) is 0. The second-order valence-corrected chi connectivity index (χ2v) is 4.65. The summed E-state index contributed by atoms with van der Waals surface area (Å²) in [5.41, 5.74) is 1.20. The van der Waals surface area contributed by atoms with Crippen molar-refractivity contribution in [2.45, 2.75) is 25.6 Å². The molecule has 19 heavy (non-hydrogen) atoms. The first kappa shape index (κ1) is 12.2. The molecule has 102 valence electrons. The molecular weight excluding hydrogens is 248 g/mol. The zero-order chi connectivity index (χ0) is 13.6. The van der Waals surface area contributed by atoms with Crippen molar-refractivity contribution in [2.75, 3.05) is 14.2 Å². The average Bonchev–Trinajstić information content (AvgIpc) is 2.84. The number of fused-ring (bicyclic) bond motifs is 2. The van der Waals surface area contributed by atoms with Gasteiger partial charge in [0.15, 0.2) is 11.3 Å². The van der Waals surface area contributed by atoms with E-state index >= 15 is 0 Å². The van der Waals surface area contributed by atoms with Crippen LogP contribution in [0.5, 0.6) is 17.2 Å². The molecule has 5 heteroatoms. The zero-order valence-corrected chi connectivity index (χ0v) is 11.1. The normalized spacial score (nSPS) is 21.9. The highest BCUT2D eigenvalue weighted by Crippen LogP contribution is 2.51. The summed E-state index contributed by atoms with van der Waals surface area (Å²) in [6.45, 7) is 1.91. The Kier molecular flexibility index (Phi) is 2.78. The number of rotatable bonds is 2. The molecular formula is C14H16O5.